The number of hydrogen-bond acceptors (Lipinski definition) is 6. The van der Waals surface area contributed by atoms with Crippen LogP contribution in [0.1, 0.15) is 10.5 Å². The molecular formula is C19H14FN5O4. The molecule has 9 nitrogen and oxygen atoms in total. The number of imidazole rings is 1. The van der Waals surface area contributed by atoms with Crippen LogP contribution in [0.5, 0.6) is 11.5 Å². The van der Waals surface area contributed by atoms with E-state index < -0.39 is 17.4 Å². The Morgan fingerprint density at radius 2 is 1.93 bits per heavy atom. The van der Waals surface area contributed by atoms with E-state index in [-0.39, 0.29) is 39.7 Å². The minimum atomic E-state index is -0.895. The Kier molecular flexibility index (Phi) is 4.23. The number of para-hydroxylation sites is 1. The Bertz CT molecular complexity index is 1310. The van der Waals surface area contributed by atoms with E-state index in [4.69, 9.17) is 10.5 Å². The average molecular weight is 395 g/mol. The van der Waals surface area contributed by atoms with Gasteiger partial charge in [-0.1, -0.05) is 6.07 Å². The van der Waals surface area contributed by atoms with E-state index in [9.17, 15) is 19.1 Å². The molecule has 4 rings (SSSR count). The van der Waals surface area contributed by atoms with Gasteiger partial charge >= 0.3 is 5.69 Å². The fraction of sp³-hybridized carbons (Fsp3) is 0.0526. The SMILES string of the molecule is COc1cccc(-c2nc(C(N)=O)c3[nH]c(=O)n(-c4ccc(F)cc4)c3n2)c1O. The van der Waals surface area contributed by atoms with Crippen LogP contribution < -0.4 is 16.2 Å². The van der Waals surface area contributed by atoms with Crippen molar-refractivity contribution in [3.8, 4) is 28.6 Å². The lowest BCUT2D eigenvalue weighted by Gasteiger charge is -2.09. The normalized spacial score (nSPS) is 11.0. The van der Waals surface area contributed by atoms with Crippen molar-refractivity contribution < 1.29 is 19.0 Å². The van der Waals surface area contributed by atoms with Crippen molar-refractivity contribution >= 4 is 17.1 Å². The number of amides is 1. The van der Waals surface area contributed by atoms with Crippen molar-refractivity contribution in [1.82, 2.24) is 19.5 Å². The Morgan fingerprint density at radius 1 is 1.21 bits per heavy atom. The molecule has 0 spiro atoms. The third-order valence-corrected chi connectivity index (χ3v) is 4.31. The van der Waals surface area contributed by atoms with Gasteiger partial charge in [0, 0.05) is 0 Å². The summed E-state index contributed by atoms with van der Waals surface area (Å²) in [6.45, 7) is 0. The van der Waals surface area contributed by atoms with Gasteiger partial charge < -0.3 is 20.6 Å². The number of primary amides is 1. The number of ether oxygens (including phenoxy) is 1. The quantitative estimate of drug-likeness (QED) is 0.481. The molecule has 0 radical (unpaired) electrons. The summed E-state index contributed by atoms with van der Waals surface area (Å²) in [7, 11) is 1.38. The highest BCUT2D eigenvalue weighted by Gasteiger charge is 2.22. The van der Waals surface area contributed by atoms with Crippen molar-refractivity contribution in [2.75, 3.05) is 7.11 Å². The van der Waals surface area contributed by atoms with Crippen molar-refractivity contribution in [2.24, 2.45) is 5.73 Å². The molecule has 2 heterocycles. The number of nitrogens with one attached hydrogen (secondary N) is 1. The number of aromatic nitrogens is 4. The van der Waals surface area contributed by atoms with Gasteiger partial charge in [-0.25, -0.2) is 23.7 Å². The highest BCUT2D eigenvalue weighted by molar-refractivity contribution is 6.02. The summed E-state index contributed by atoms with van der Waals surface area (Å²) in [5.74, 6) is -1.48. The van der Waals surface area contributed by atoms with Gasteiger partial charge in [0.15, 0.2) is 28.7 Å². The third-order valence-electron chi connectivity index (χ3n) is 4.31. The number of methoxy groups -OCH3 is 1. The summed E-state index contributed by atoms with van der Waals surface area (Å²) >= 11 is 0. The second-order valence-electron chi connectivity index (χ2n) is 6.06. The van der Waals surface area contributed by atoms with E-state index in [0.29, 0.717) is 5.69 Å². The number of hydrogen-bond donors (Lipinski definition) is 3. The van der Waals surface area contributed by atoms with Crippen molar-refractivity contribution in [1.29, 1.82) is 0 Å². The van der Waals surface area contributed by atoms with Crippen LogP contribution in [0, 0.1) is 5.82 Å². The fourth-order valence-electron chi connectivity index (χ4n) is 2.98. The van der Waals surface area contributed by atoms with Crippen LogP contribution in [-0.4, -0.2) is 37.6 Å². The molecule has 0 fully saturated rings. The Morgan fingerprint density at radius 3 is 2.59 bits per heavy atom. The first-order chi connectivity index (χ1) is 13.9. The van der Waals surface area contributed by atoms with Gasteiger partial charge in [-0.15, -0.1) is 0 Å². The number of nitrogens with two attached hydrogens (primary N) is 1. The largest absolute Gasteiger partial charge is 0.504 e. The lowest BCUT2D eigenvalue weighted by atomic mass is 10.1. The van der Waals surface area contributed by atoms with E-state index in [2.05, 4.69) is 15.0 Å². The molecule has 2 aromatic heterocycles. The lowest BCUT2D eigenvalue weighted by Crippen LogP contribution is -2.15. The molecule has 0 unspecified atom stereocenters. The minimum absolute atomic E-state index is 0.0259. The number of phenolic OH excluding ortho intramolecular Hbond substituents is 1. The second-order valence-corrected chi connectivity index (χ2v) is 6.06. The highest BCUT2D eigenvalue weighted by atomic mass is 19.1. The summed E-state index contributed by atoms with van der Waals surface area (Å²) in [6.07, 6.45) is 0. The second kappa shape index (κ2) is 6.75. The standard InChI is InChI=1S/C19H14FN5O4/c1-29-12-4-2-3-11(15(12)26)17-22-13(16(21)27)14-18(24-17)25(19(28)23-14)10-7-5-9(20)6-8-10/h2-8,26H,1H3,(H2,21,27)(H,23,28). The van der Waals surface area contributed by atoms with Crippen LogP contribution in [0.4, 0.5) is 4.39 Å². The van der Waals surface area contributed by atoms with E-state index in [1.54, 1.807) is 6.07 Å². The summed E-state index contributed by atoms with van der Waals surface area (Å²) in [4.78, 5) is 35.5. The van der Waals surface area contributed by atoms with Crippen molar-refractivity contribution in [3.63, 3.8) is 0 Å². The monoisotopic (exact) mass is 395 g/mol. The molecule has 146 valence electrons. The van der Waals surface area contributed by atoms with E-state index in [1.807, 2.05) is 0 Å². The van der Waals surface area contributed by atoms with Crippen molar-refractivity contribution in [3.05, 3.63) is 64.5 Å². The molecule has 29 heavy (non-hydrogen) atoms. The summed E-state index contributed by atoms with van der Waals surface area (Å²) in [6, 6.07) is 9.82. The van der Waals surface area contributed by atoms with E-state index >= 15 is 0 Å². The van der Waals surface area contributed by atoms with Crippen LogP contribution in [-0.2, 0) is 0 Å². The van der Waals surface area contributed by atoms with Gasteiger partial charge in [0.1, 0.15) is 11.3 Å². The van der Waals surface area contributed by atoms with Crippen LogP contribution in [0.25, 0.3) is 28.2 Å². The Labute approximate surface area is 162 Å². The van der Waals surface area contributed by atoms with Gasteiger partial charge in [0.25, 0.3) is 5.91 Å². The topological polar surface area (TPSA) is 136 Å². The molecule has 0 aliphatic heterocycles. The maximum absolute atomic E-state index is 13.3. The highest BCUT2D eigenvalue weighted by Crippen LogP contribution is 2.35. The van der Waals surface area contributed by atoms with Gasteiger partial charge in [-0.3, -0.25) is 4.79 Å². The van der Waals surface area contributed by atoms with E-state index in [1.165, 1.54) is 43.5 Å². The number of rotatable bonds is 4. The molecule has 1 amide bonds. The average Bonchev–Trinajstić information content (AvgIpc) is 3.03. The fourth-order valence-corrected chi connectivity index (χ4v) is 2.98. The smallest absolute Gasteiger partial charge is 0.332 e. The summed E-state index contributed by atoms with van der Waals surface area (Å²) < 4.78 is 19.5. The zero-order chi connectivity index (χ0) is 20.7. The number of halogens is 1. The first-order valence-corrected chi connectivity index (χ1v) is 8.35. The number of carbonyl (C=O) groups is 1. The molecule has 0 aliphatic rings. The molecule has 0 aliphatic carbocycles. The number of aromatic amines is 1. The number of nitrogens with zero attached hydrogens (tertiary/aromatic N) is 3. The molecular weight excluding hydrogens is 381 g/mol. The third kappa shape index (κ3) is 2.96. The van der Waals surface area contributed by atoms with Gasteiger partial charge in [0.05, 0.1) is 18.4 Å². The van der Waals surface area contributed by atoms with Crippen LogP contribution in [0.3, 0.4) is 0 Å². The zero-order valence-electron chi connectivity index (χ0n) is 15.0. The molecule has 0 saturated carbocycles. The van der Waals surface area contributed by atoms with Gasteiger partial charge in [0.2, 0.25) is 0 Å². The van der Waals surface area contributed by atoms with Crippen LogP contribution in [0.2, 0.25) is 0 Å². The Hall–Kier alpha value is -4.21. The van der Waals surface area contributed by atoms with E-state index in [0.717, 1.165) is 4.57 Å². The number of benzene rings is 2. The number of aromatic hydroxyl groups is 1. The van der Waals surface area contributed by atoms with Crippen LogP contribution >= 0.6 is 0 Å². The van der Waals surface area contributed by atoms with Crippen LogP contribution in [0.15, 0.2) is 47.3 Å². The molecule has 4 aromatic rings. The Balaban J connectivity index is 2.06. The zero-order valence-corrected chi connectivity index (χ0v) is 15.0. The predicted octanol–water partition coefficient (Wildman–Crippen LogP) is 1.73. The number of carbonyl (C=O) groups excluding carboxylic acids is 1. The lowest BCUT2D eigenvalue weighted by molar-refractivity contribution is 0.0997. The number of H-pyrrole nitrogens is 1. The molecule has 2 aromatic carbocycles. The molecule has 4 N–H and O–H groups in total. The first-order valence-electron chi connectivity index (χ1n) is 8.35. The molecule has 0 atom stereocenters. The summed E-state index contributed by atoms with van der Waals surface area (Å²) in [5, 5.41) is 10.4. The predicted molar refractivity (Wildman–Crippen MR) is 102 cm³/mol. The maximum Gasteiger partial charge on any atom is 0.332 e. The molecule has 0 bridgehead atoms. The minimum Gasteiger partial charge on any atom is -0.504 e. The first kappa shape index (κ1) is 18.2. The van der Waals surface area contributed by atoms with Gasteiger partial charge in [-0.05, 0) is 36.4 Å². The van der Waals surface area contributed by atoms with Crippen molar-refractivity contribution in [2.45, 2.75) is 0 Å². The summed E-state index contributed by atoms with van der Waals surface area (Å²) in [5.41, 5.74) is 5.16. The maximum atomic E-state index is 13.3. The number of fused-ring (bicyclic) bond motifs is 1. The number of phenols is 1. The van der Waals surface area contributed by atoms with Gasteiger partial charge in [-0.2, -0.15) is 0 Å². The molecule has 0 saturated heterocycles. The molecule has 10 heteroatoms.